The van der Waals surface area contributed by atoms with Crippen LogP contribution in [0.4, 0.5) is 23.2 Å². The fourth-order valence-corrected chi connectivity index (χ4v) is 1.62. The van der Waals surface area contributed by atoms with Crippen LogP contribution in [0.5, 0.6) is 5.75 Å². The summed E-state index contributed by atoms with van der Waals surface area (Å²) < 4.78 is 54.3. The number of hydrogen-bond donors (Lipinski definition) is 1. The number of nitrogens with zero attached hydrogens (tertiary/aromatic N) is 1. The zero-order valence-electron chi connectivity index (χ0n) is 10.8. The Morgan fingerprint density at radius 1 is 1.10 bits per heavy atom. The minimum absolute atomic E-state index is 0.179. The SMILES string of the molecule is Fc1ccc(NCc2ccncc2)c(OCC(F)(F)F)c1. The largest absolute Gasteiger partial charge is 0.482 e. The van der Waals surface area contributed by atoms with Crippen molar-refractivity contribution in [3.8, 4) is 5.75 Å². The molecule has 3 nitrogen and oxygen atoms in total. The van der Waals surface area contributed by atoms with Gasteiger partial charge in [0, 0.05) is 25.0 Å². The van der Waals surface area contributed by atoms with Crippen molar-refractivity contribution in [2.24, 2.45) is 0 Å². The Morgan fingerprint density at radius 3 is 2.48 bits per heavy atom. The second kappa shape index (κ2) is 6.43. The van der Waals surface area contributed by atoms with Crippen LogP contribution in [-0.2, 0) is 6.54 Å². The van der Waals surface area contributed by atoms with Gasteiger partial charge in [-0.25, -0.2) is 4.39 Å². The first-order valence-corrected chi connectivity index (χ1v) is 6.06. The van der Waals surface area contributed by atoms with Crippen LogP contribution in [0.2, 0.25) is 0 Å². The zero-order valence-corrected chi connectivity index (χ0v) is 10.8. The van der Waals surface area contributed by atoms with E-state index in [2.05, 4.69) is 15.0 Å². The molecule has 0 saturated carbocycles. The lowest BCUT2D eigenvalue weighted by Crippen LogP contribution is -2.19. The van der Waals surface area contributed by atoms with Gasteiger partial charge >= 0.3 is 6.18 Å². The van der Waals surface area contributed by atoms with Crippen LogP contribution in [0.15, 0.2) is 42.7 Å². The molecule has 0 aliphatic rings. The van der Waals surface area contributed by atoms with Gasteiger partial charge in [-0.05, 0) is 29.8 Å². The summed E-state index contributed by atoms with van der Waals surface area (Å²) >= 11 is 0. The van der Waals surface area contributed by atoms with Crippen molar-refractivity contribution in [2.75, 3.05) is 11.9 Å². The molecule has 0 unspecified atom stereocenters. The maximum atomic E-state index is 13.1. The van der Waals surface area contributed by atoms with E-state index < -0.39 is 18.6 Å². The molecule has 0 aliphatic heterocycles. The van der Waals surface area contributed by atoms with Crippen molar-refractivity contribution in [1.29, 1.82) is 0 Å². The molecule has 0 saturated heterocycles. The predicted molar refractivity (Wildman–Crippen MR) is 69.5 cm³/mol. The molecule has 0 fully saturated rings. The van der Waals surface area contributed by atoms with Crippen LogP contribution >= 0.6 is 0 Å². The zero-order chi connectivity index (χ0) is 15.3. The standard InChI is InChI=1S/C14H12F4N2O/c15-11-1-2-12(13(7-11)21-9-14(16,17)18)20-8-10-3-5-19-6-4-10/h1-7,20H,8-9H2. The maximum absolute atomic E-state index is 13.1. The Hall–Kier alpha value is -2.31. The van der Waals surface area contributed by atoms with Gasteiger partial charge < -0.3 is 10.1 Å². The van der Waals surface area contributed by atoms with Gasteiger partial charge in [-0.1, -0.05) is 0 Å². The summed E-state index contributed by atoms with van der Waals surface area (Å²) in [5.74, 6) is -0.844. The quantitative estimate of drug-likeness (QED) is 0.853. The molecular formula is C14H12F4N2O. The molecule has 21 heavy (non-hydrogen) atoms. The minimum Gasteiger partial charge on any atom is -0.482 e. The van der Waals surface area contributed by atoms with Gasteiger partial charge in [-0.3, -0.25) is 4.98 Å². The summed E-state index contributed by atoms with van der Waals surface area (Å²) in [4.78, 5) is 3.86. The predicted octanol–water partition coefficient (Wildman–Crippen LogP) is 3.77. The summed E-state index contributed by atoms with van der Waals surface area (Å²) in [7, 11) is 0. The molecule has 0 radical (unpaired) electrons. The first-order valence-electron chi connectivity index (χ1n) is 6.06. The fourth-order valence-electron chi connectivity index (χ4n) is 1.62. The molecular weight excluding hydrogens is 288 g/mol. The number of rotatable bonds is 5. The summed E-state index contributed by atoms with van der Waals surface area (Å²) in [6.07, 6.45) is -1.28. The Bertz CT molecular complexity index is 587. The molecule has 1 aromatic heterocycles. The van der Waals surface area contributed by atoms with E-state index in [4.69, 9.17) is 0 Å². The van der Waals surface area contributed by atoms with E-state index in [0.717, 1.165) is 17.7 Å². The topological polar surface area (TPSA) is 34.2 Å². The maximum Gasteiger partial charge on any atom is 0.422 e. The van der Waals surface area contributed by atoms with Crippen LogP contribution in [0.3, 0.4) is 0 Å². The number of halogens is 4. The van der Waals surface area contributed by atoms with Gasteiger partial charge in [-0.2, -0.15) is 13.2 Å². The van der Waals surface area contributed by atoms with Gasteiger partial charge in [0.15, 0.2) is 6.61 Å². The fraction of sp³-hybridized carbons (Fsp3) is 0.214. The highest BCUT2D eigenvalue weighted by Crippen LogP contribution is 2.28. The van der Waals surface area contributed by atoms with Gasteiger partial charge in [0.2, 0.25) is 0 Å². The van der Waals surface area contributed by atoms with Crippen LogP contribution < -0.4 is 10.1 Å². The second-order valence-electron chi connectivity index (χ2n) is 4.25. The van der Waals surface area contributed by atoms with Crippen LogP contribution in [0, 0.1) is 5.82 Å². The summed E-state index contributed by atoms with van der Waals surface area (Å²) in [5, 5.41) is 2.91. The molecule has 0 amide bonds. The normalized spacial score (nSPS) is 11.2. The van der Waals surface area contributed by atoms with Crippen molar-refractivity contribution < 1.29 is 22.3 Å². The van der Waals surface area contributed by atoms with E-state index in [-0.39, 0.29) is 11.4 Å². The van der Waals surface area contributed by atoms with Crippen LogP contribution in [-0.4, -0.2) is 17.8 Å². The molecule has 2 rings (SSSR count). The highest BCUT2D eigenvalue weighted by molar-refractivity contribution is 5.56. The number of alkyl halides is 3. The highest BCUT2D eigenvalue weighted by atomic mass is 19.4. The number of ether oxygens (including phenoxy) is 1. The average Bonchev–Trinajstić information content (AvgIpc) is 2.44. The second-order valence-corrected chi connectivity index (χ2v) is 4.25. The van der Waals surface area contributed by atoms with Crippen molar-refractivity contribution in [1.82, 2.24) is 4.98 Å². The van der Waals surface area contributed by atoms with E-state index in [1.807, 2.05) is 0 Å². The van der Waals surface area contributed by atoms with E-state index in [1.54, 1.807) is 24.5 Å². The number of hydrogen-bond acceptors (Lipinski definition) is 3. The van der Waals surface area contributed by atoms with Crippen molar-refractivity contribution >= 4 is 5.69 Å². The number of benzene rings is 1. The number of nitrogens with one attached hydrogen (secondary N) is 1. The number of anilines is 1. The number of aromatic nitrogens is 1. The third-order valence-electron chi connectivity index (χ3n) is 2.57. The molecule has 0 bridgehead atoms. The van der Waals surface area contributed by atoms with Crippen molar-refractivity contribution in [3.05, 3.63) is 54.1 Å². The third kappa shape index (κ3) is 4.94. The lowest BCUT2D eigenvalue weighted by molar-refractivity contribution is -0.153. The van der Waals surface area contributed by atoms with Gasteiger partial charge in [0.1, 0.15) is 11.6 Å². The Labute approximate surface area is 118 Å². The molecule has 1 heterocycles. The number of pyridine rings is 1. The molecule has 0 aliphatic carbocycles. The minimum atomic E-state index is -4.48. The Balaban J connectivity index is 2.07. The highest BCUT2D eigenvalue weighted by Gasteiger charge is 2.28. The van der Waals surface area contributed by atoms with E-state index in [9.17, 15) is 17.6 Å². The monoisotopic (exact) mass is 300 g/mol. The van der Waals surface area contributed by atoms with Crippen LogP contribution in [0.1, 0.15) is 5.56 Å². The first kappa shape index (κ1) is 15.1. The first-order chi connectivity index (χ1) is 9.94. The lowest BCUT2D eigenvalue weighted by Gasteiger charge is -2.14. The molecule has 112 valence electrons. The Morgan fingerprint density at radius 2 is 1.81 bits per heavy atom. The molecule has 0 atom stereocenters. The summed E-state index contributed by atoms with van der Waals surface area (Å²) in [5.41, 5.74) is 1.17. The van der Waals surface area contributed by atoms with Gasteiger partial charge in [0.25, 0.3) is 0 Å². The van der Waals surface area contributed by atoms with E-state index in [1.165, 1.54) is 6.07 Å². The molecule has 7 heteroatoms. The van der Waals surface area contributed by atoms with Crippen LogP contribution in [0.25, 0.3) is 0 Å². The van der Waals surface area contributed by atoms with Crippen molar-refractivity contribution in [3.63, 3.8) is 0 Å². The molecule has 0 spiro atoms. The van der Waals surface area contributed by atoms with Crippen molar-refractivity contribution in [2.45, 2.75) is 12.7 Å². The van der Waals surface area contributed by atoms with Gasteiger partial charge in [0.05, 0.1) is 5.69 Å². The Kier molecular flexibility index (Phi) is 4.62. The van der Waals surface area contributed by atoms with E-state index >= 15 is 0 Å². The average molecular weight is 300 g/mol. The summed E-state index contributed by atoms with van der Waals surface area (Å²) in [6, 6.07) is 6.91. The van der Waals surface area contributed by atoms with Gasteiger partial charge in [-0.15, -0.1) is 0 Å². The molecule has 1 aromatic carbocycles. The lowest BCUT2D eigenvalue weighted by atomic mass is 10.2. The molecule has 1 N–H and O–H groups in total. The third-order valence-corrected chi connectivity index (χ3v) is 2.57. The smallest absolute Gasteiger partial charge is 0.422 e. The van der Waals surface area contributed by atoms with E-state index in [0.29, 0.717) is 6.54 Å². The molecule has 2 aromatic rings. The summed E-state index contributed by atoms with van der Waals surface area (Å²) in [6.45, 7) is -1.11.